The van der Waals surface area contributed by atoms with Crippen molar-refractivity contribution in [2.24, 2.45) is 0 Å². The first-order chi connectivity index (χ1) is 14.8. The van der Waals surface area contributed by atoms with Gasteiger partial charge in [0.2, 0.25) is 0 Å². The van der Waals surface area contributed by atoms with E-state index in [0.717, 1.165) is 11.1 Å². The van der Waals surface area contributed by atoms with Crippen molar-refractivity contribution >= 4 is 17.4 Å². The van der Waals surface area contributed by atoms with Crippen LogP contribution in [0, 0.1) is 13.8 Å². The minimum Gasteiger partial charge on any atom is -0.368 e. The van der Waals surface area contributed by atoms with Gasteiger partial charge in [-0.2, -0.15) is 13.2 Å². The number of amides is 2. The molecule has 4 rings (SSSR count). The molecule has 3 aromatic rings. The quantitative estimate of drug-likeness (QED) is 0.545. The topological polar surface area (TPSA) is 58.6 Å². The highest BCUT2D eigenvalue weighted by atomic mass is 19.4. The number of fused-ring (bicyclic) bond motifs is 1. The number of hydrogen-bond donors (Lipinski definition) is 0. The number of aryl methyl sites for hydroxylation is 2. The van der Waals surface area contributed by atoms with Crippen LogP contribution < -0.4 is 14.8 Å². The van der Waals surface area contributed by atoms with Crippen molar-refractivity contribution in [1.29, 1.82) is 0 Å². The molecule has 0 fully saturated rings. The number of hydroxylamine groups is 1. The van der Waals surface area contributed by atoms with Crippen molar-refractivity contribution in [2.45, 2.75) is 26.4 Å². The van der Waals surface area contributed by atoms with E-state index in [9.17, 15) is 18.0 Å². The largest absolute Gasteiger partial charge is 0.416 e. The molecule has 31 heavy (non-hydrogen) atoms. The fraction of sp³-hybridized carbons (Fsp3) is 0.227. The molecule has 0 N–H and O–H groups in total. The van der Waals surface area contributed by atoms with Gasteiger partial charge in [-0.3, -0.25) is 14.9 Å². The maximum atomic E-state index is 13.5. The molecule has 3 heterocycles. The Balaban J connectivity index is 1.73. The first-order valence-corrected chi connectivity index (χ1v) is 9.57. The molecule has 160 valence electrons. The van der Waals surface area contributed by atoms with Gasteiger partial charge in [0, 0.05) is 24.6 Å². The van der Waals surface area contributed by atoms with Gasteiger partial charge in [0.1, 0.15) is 5.69 Å². The number of carbonyl (C=O) groups is 1. The van der Waals surface area contributed by atoms with Crippen LogP contribution in [0.15, 0.2) is 55.0 Å². The maximum absolute atomic E-state index is 13.5. The van der Waals surface area contributed by atoms with Crippen molar-refractivity contribution in [3.8, 4) is 5.75 Å². The zero-order valence-electron chi connectivity index (χ0n) is 16.8. The molecule has 1 aliphatic heterocycles. The lowest BCUT2D eigenvalue weighted by molar-refractivity contribution is -0.138. The molecule has 2 aromatic heterocycles. The summed E-state index contributed by atoms with van der Waals surface area (Å²) in [6.45, 7) is 3.38. The third-order valence-electron chi connectivity index (χ3n) is 5.06. The van der Waals surface area contributed by atoms with E-state index >= 15 is 0 Å². The number of carbonyl (C=O) groups excluding carboxylic acids is 1. The molecular weight excluding hydrogens is 409 g/mol. The van der Waals surface area contributed by atoms with Crippen LogP contribution in [-0.2, 0) is 12.6 Å². The van der Waals surface area contributed by atoms with E-state index in [4.69, 9.17) is 4.84 Å². The number of rotatable bonds is 3. The van der Waals surface area contributed by atoms with Crippen LogP contribution in [0.25, 0.3) is 0 Å². The Morgan fingerprint density at radius 3 is 2.61 bits per heavy atom. The lowest BCUT2D eigenvalue weighted by Gasteiger charge is -2.28. The minimum absolute atomic E-state index is 0.131. The second-order valence-electron chi connectivity index (χ2n) is 7.16. The number of pyridine rings is 2. The Bertz CT molecular complexity index is 1120. The van der Waals surface area contributed by atoms with Crippen molar-refractivity contribution in [3.63, 3.8) is 0 Å². The zero-order valence-corrected chi connectivity index (χ0v) is 16.8. The Morgan fingerprint density at radius 2 is 1.94 bits per heavy atom. The lowest BCUT2D eigenvalue weighted by atomic mass is 10.0. The van der Waals surface area contributed by atoms with Crippen LogP contribution in [0.3, 0.4) is 0 Å². The van der Waals surface area contributed by atoms with Gasteiger partial charge in [-0.15, -0.1) is 5.06 Å². The summed E-state index contributed by atoms with van der Waals surface area (Å²) >= 11 is 0. The number of alkyl halides is 3. The van der Waals surface area contributed by atoms with Gasteiger partial charge in [-0.1, -0.05) is 6.07 Å². The number of benzene rings is 1. The normalized spacial score (nSPS) is 13.1. The third-order valence-corrected chi connectivity index (χ3v) is 5.06. The average Bonchev–Trinajstić information content (AvgIpc) is 3.14. The van der Waals surface area contributed by atoms with E-state index in [0.29, 0.717) is 29.1 Å². The van der Waals surface area contributed by atoms with Crippen LogP contribution in [0.1, 0.15) is 22.4 Å². The molecule has 6 nitrogen and oxygen atoms in total. The van der Waals surface area contributed by atoms with Crippen LogP contribution in [0.4, 0.5) is 29.3 Å². The van der Waals surface area contributed by atoms with Crippen LogP contribution in [-0.4, -0.2) is 22.5 Å². The number of nitrogens with zero attached hydrogens (tertiary/aromatic N) is 4. The van der Waals surface area contributed by atoms with Gasteiger partial charge in [0.05, 0.1) is 17.5 Å². The fourth-order valence-corrected chi connectivity index (χ4v) is 3.51. The molecule has 9 heteroatoms. The highest BCUT2D eigenvalue weighted by Gasteiger charge is 2.37. The Morgan fingerprint density at radius 1 is 1.16 bits per heavy atom. The molecular formula is C22H19F3N4O2. The smallest absolute Gasteiger partial charge is 0.368 e. The first-order valence-electron chi connectivity index (χ1n) is 9.57. The van der Waals surface area contributed by atoms with Gasteiger partial charge in [0.25, 0.3) is 0 Å². The molecule has 0 atom stereocenters. The Hall–Kier alpha value is -3.62. The molecule has 0 aliphatic carbocycles. The minimum atomic E-state index is -4.51. The summed E-state index contributed by atoms with van der Waals surface area (Å²) < 4.78 is 40.3. The van der Waals surface area contributed by atoms with E-state index in [1.165, 1.54) is 24.1 Å². The average molecular weight is 428 g/mol. The highest BCUT2D eigenvalue weighted by Crippen LogP contribution is 2.39. The van der Waals surface area contributed by atoms with Gasteiger partial charge in [-0.05, 0) is 61.7 Å². The molecule has 0 bridgehead atoms. The van der Waals surface area contributed by atoms with E-state index in [1.807, 2.05) is 0 Å². The number of aromatic nitrogens is 2. The van der Waals surface area contributed by atoms with E-state index < -0.39 is 17.8 Å². The zero-order chi connectivity index (χ0) is 22.2. The molecule has 1 aromatic carbocycles. The standard InChI is InChI=1S/C22H19F3N4O2/c1-14-11-16-7-10-28(19(16)12-18(14)22(23,24)25)21(30)29(17-5-3-8-26-13-17)31-20-6-4-9-27-15(20)2/h3-6,8-9,11-13H,7,10H2,1-2H3. The SMILES string of the molecule is Cc1cc2c(cc1C(F)(F)F)N(C(=O)N(Oc1cccnc1C)c1cccnc1)CC2. The molecule has 2 amide bonds. The fourth-order valence-electron chi connectivity index (χ4n) is 3.51. The molecule has 1 aliphatic rings. The van der Waals surface area contributed by atoms with Crippen molar-refractivity contribution in [3.05, 3.63) is 77.4 Å². The summed E-state index contributed by atoms with van der Waals surface area (Å²) in [4.78, 5) is 28.8. The molecule has 0 unspecified atom stereocenters. The van der Waals surface area contributed by atoms with E-state index in [-0.39, 0.29) is 17.8 Å². The van der Waals surface area contributed by atoms with E-state index in [1.54, 1.807) is 43.6 Å². The number of anilines is 2. The highest BCUT2D eigenvalue weighted by molar-refractivity contribution is 6.03. The molecule has 0 saturated heterocycles. The number of urea groups is 1. The third kappa shape index (κ3) is 4.03. The summed E-state index contributed by atoms with van der Waals surface area (Å²) in [5.41, 5.74) is 1.18. The Kier molecular flexibility index (Phi) is 5.26. The van der Waals surface area contributed by atoms with Crippen LogP contribution in [0.2, 0.25) is 0 Å². The number of halogens is 3. The molecule has 0 radical (unpaired) electrons. The molecule has 0 spiro atoms. The Labute approximate surface area is 176 Å². The predicted molar refractivity (Wildman–Crippen MR) is 109 cm³/mol. The van der Waals surface area contributed by atoms with Crippen molar-refractivity contribution in [1.82, 2.24) is 9.97 Å². The van der Waals surface area contributed by atoms with Crippen molar-refractivity contribution < 1.29 is 22.8 Å². The monoisotopic (exact) mass is 428 g/mol. The van der Waals surface area contributed by atoms with Crippen LogP contribution in [0.5, 0.6) is 5.75 Å². The van der Waals surface area contributed by atoms with Gasteiger partial charge in [0.15, 0.2) is 5.75 Å². The number of hydrogen-bond acceptors (Lipinski definition) is 4. The second-order valence-corrected chi connectivity index (χ2v) is 7.16. The summed E-state index contributed by atoms with van der Waals surface area (Å²) in [5, 5.41) is 1.03. The molecule has 0 saturated carbocycles. The van der Waals surface area contributed by atoms with E-state index in [2.05, 4.69) is 9.97 Å². The van der Waals surface area contributed by atoms with Crippen molar-refractivity contribution in [2.75, 3.05) is 16.5 Å². The summed E-state index contributed by atoms with van der Waals surface area (Å²) in [6.07, 6.45) is 0.521. The van der Waals surface area contributed by atoms with Gasteiger partial charge < -0.3 is 4.84 Å². The maximum Gasteiger partial charge on any atom is 0.416 e. The van der Waals surface area contributed by atoms with Crippen LogP contribution >= 0.6 is 0 Å². The second kappa shape index (κ2) is 7.90. The van der Waals surface area contributed by atoms with Gasteiger partial charge >= 0.3 is 12.2 Å². The summed E-state index contributed by atoms with van der Waals surface area (Å²) in [5.74, 6) is 0.346. The summed E-state index contributed by atoms with van der Waals surface area (Å²) in [7, 11) is 0. The lowest BCUT2D eigenvalue weighted by Crippen LogP contribution is -2.45. The predicted octanol–water partition coefficient (Wildman–Crippen LogP) is 5.10. The summed E-state index contributed by atoms with van der Waals surface area (Å²) in [6, 6.07) is 8.49. The van der Waals surface area contributed by atoms with Gasteiger partial charge in [-0.25, -0.2) is 4.79 Å². The first kappa shape index (κ1) is 20.6.